The number of nitrogens with two attached hydrogens (primary N) is 1. The van der Waals surface area contributed by atoms with Crippen molar-refractivity contribution in [3.05, 3.63) is 21.9 Å². The first-order valence-corrected chi connectivity index (χ1v) is 6.27. The Morgan fingerprint density at radius 1 is 1.43 bits per heavy atom. The lowest BCUT2D eigenvalue weighted by Gasteiger charge is -2.15. The highest BCUT2D eigenvalue weighted by Gasteiger charge is 2.11. The molecule has 1 rings (SSSR count). The summed E-state index contributed by atoms with van der Waals surface area (Å²) in [6.07, 6.45) is 3.67. The maximum atomic E-state index is 6.15. The number of aryl methyl sites for hydroxylation is 1. The minimum Gasteiger partial charge on any atom is -0.323 e. The summed E-state index contributed by atoms with van der Waals surface area (Å²) in [6, 6.07) is 4.57. The summed E-state index contributed by atoms with van der Waals surface area (Å²) >= 11 is 1.83. The van der Waals surface area contributed by atoms with Crippen LogP contribution >= 0.6 is 11.3 Å². The van der Waals surface area contributed by atoms with Crippen LogP contribution in [0.1, 0.15) is 48.9 Å². The molecule has 1 aromatic rings. The van der Waals surface area contributed by atoms with Crippen LogP contribution in [0, 0.1) is 12.8 Å². The molecule has 2 N–H and O–H groups in total. The van der Waals surface area contributed by atoms with Crippen LogP contribution < -0.4 is 5.73 Å². The zero-order valence-corrected chi connectivity index (χ0v) is 10.2. The number of thiophene rings is 1. The number of rotatable bonds is 5. The fourth-order valence-corrected chi connectivity index (χ4v) is 2.70. The Morgan fingerprint density at radius 2 is 2.14 bits per heavy atom. The Hall–Kier alpha value is -0.340. The highest BCUT2D eigenvalue weighted by Crippen LogP contribution is 2.26. The van der Waals surface area contributed by atoms with Gasteiger partial charge in [0, 0.05) is 15.8 Å². The molecule has 1 nitrogen and oxygen atoms in total. The molecule has 80 valence electrons. The summed E-state index contributed by atoms with van der Waals surface area (Å²) < 4.78 is 0. The number of hydrogen-bond donors (Lipinski definition) is 1. The van der Waals surface area contributed by atoms with E-state index in [0.29, 0.717) is 0 Å². The van der Waals surface area contributed by atoms with Gasteiger partial charge in [0.05, 0.1) is 0 Å². The van der Waals surface area contributed by atoms with Crippen molar-refractivity contribution in [1.82, 2.24) is 0 Å². The molecule has 0 aliphatic heterocycles. The Balaban J connectivity index is 2.45. The van der Waals surface area contributed by atoms with Crippen LogP contribution in [0.25, 0.3) is 0 Å². The maximum absolute atomic E-state index is 6.15. The Kier molecular flexibility index (Phi) is 4.63. The third-order valence-corrected chi connectivity index (χ3v) is 3.70. The first-order valence-electron chi connectivity index (χ1n) is 5.45. The molecule has 2 atom stereocenters. The van der Waals surface area contributed by atoms with E-state index in [-0.39, 0.29) is 6.04 Å². The lowest BCUT2D eigenvalue weighted by Crippen LogP contribution is -2.12. The lowest BCUT2D eigenvalue weighted by molar-refractivity contribution is 0.443. The summed E-state index contributed by atoms with van der Waals surface area (Å²) in [4.78, 5) is 2.70. The van der Waals surface area contributed by atoms with Crippen LogP contribution in [0.5, 0.6) is 0 Å². The second-order valence-electron chi connectivity index (χ2n) is 4.18. The van der Waals surface area contributed by atoms with Crippen molar-refractivity contribution in [1.29, 1.82) is 0 Å². The van der Waals surface area contributed by atoms with Crippen LogP contribution in [-0.4, -0.2) is 0 Å². The van der Waals surface area contributed by atoms with Crippen molar-refractivity contribution in [3.8, 4) is 0 Å². The second-order valence-corrected chi connectivity index (χ2v) is 5.50. The van der Waals surface area contributed by atoms with Crippen molar-refractivity contribution in [3.63, 3.8) is 0 Å². The molecule has 0 radical (unpaired) electrons. The molecule has 1 aromatic heterocycles. The van der Waals surface area contributed by atoms with Crippen LogP contribution in [-0.2, 0) is 0 Å². The summed E-state index contributed by atoms with van der Waals surface area (Å²) in [5, 5.41) is 0. The average molecular weight is 211 g/mol. The van der Waals surface area contributed by atoms with E-state index in [2.05, 4.69) is 32.9 Å². The quantitative estimate of drug-likeness (QED) is 0.786. The zero-order chi connectivity index (χ0) is 10.6. The van der Waals surface area contributed by atoms with Crippen LogP contribution in [0.2, 0.25) is 0 Å². The third kappa shape index (κ3) is 3.43. The molecule has 14 heavy (non-hydrogen) atoms. The van der Waals surface area contributed by atoms with E-state index in [1.807, 2.05) is 11.3 Å². The van der Waals surface area contributed by atoms with Gasteiger partial charge in [0.15, 0.2) is 0 Å². The van der Waals surface area contributed by atoms with E-state index < -0.39 is 0 Å². The Morgan fingerprint density at radius 3 is 2.64 bits per heavy atom. The van der Waals surface area contributed by atoms with Gasteiger partial charge in [-0.05, 0) is 31.4 Å². The van der Waals surface area contributed by atoms with Gasteiger partial charge in [-0.2, -0.15) is 0 Å². The van der Waals surface area contributed by atoms with Crippen molar-refractivity contribution in [2.75, 3.05) is 0 Å². The summed E-state index contributed by atoms with van der Waals surface area (Å²) in [5.74, 6) is 0.748. The van der Waals surface area contributed by atoms with Crippen molar-refractivity contribution in [2.45, 2.75) is 46.1 Å². The molecule has 0 aliphatic carbocycles. The highest BCUT2D eigenvalue weighted by atomic mass is 32.1. The Labute approximate surface area is 91.3 Å². The fourth-order valence-electron chi connectivity index (χ4n) is 1.81. The van der Waals surface area contributed by atoms with E-state index >= 15 is 0 Å². The monoisotopic (exact) mass is 211 g/mol. The Bertz CT molecular complexity index is 267. The molecular weight excluding hydrogens is 190 g/mol. The van der Waals surface area contributed by atoms with Gasteiger partial charge in [-0.1, -0.05) is 26.7 Å². The second kappa shape index (κ2) is 5.52. The van der Waals surface area contributed by atoms with E-state index in [0.717, 1.165) is 12.3 Å². The van der Waals surface area contributed by atoms with Gasteiger partial charge in [-0.3, -0.25) is 0 Å². The molecule has 0 spiro atoms. The van der Waals surface area contributed by atoms with E-state index in [9.17, 15) is 0 Å². The van der Waals surface area contributed by atoms with E-state index in [4.69, 9.17) is 5.73 Å². The van der Waals surface area contributed by atoms with Crippen molar-refractivity contribution < 1.29 is 0 Å². The van der Waals surface area contributed by atoms with Gasteiger partial charge < -0.3 is 5.73 Å². The smallest absolute Gasteiger partial charge is 0.0392 e. The van der Waals surface area contributed by atoms with Gasteiger partial charge in [-0.15, -0.1) is 11.3 Å². The SMILES string of the molecule is CCCC(C)CC(N)c1ccc(C)s1. The molecule has 1 heterocycles. The first-order chi connectivity index (χ1) is 6.63. The molecule has 0 aliphatic rings. The fraction of sp³-hybridized carbons (Fsp3) is 0.667. The summed E-state index contributed by atoms with van der Waals surface area (Å²) in [6.45, 7) is 6.66. The molecule has 2 heteroatoms. The van der Waals surface area contributed by atoms with Crippen LogP contribution in [0.15, 0.2) is 12.1 Å². The van der Waals surface area contributed by atoms with Crippen molar-refractivity contribution >= 4 is 11.3 Å². The lowest BCUT2D eigenvalue weighted by atomic mass is 9.97. The van der Waals surface area contributed by atoms with Gasteiger partial charge in [0.2, 0.25) is 0 Å². The molecule has 0 fully saturated rings. The van der Waals surface area contributed by atoms with Crippen molar-refractivity contribution in [2.24, 2.45) is 11.7 Å². The van der Waals surface area contributed by atoms with Gasteiger partial charge in [-0.25, -0.2) is 0 Å². The molecule has 2 unspecified atom stereocenters. The molecule has 0 aromatic carbocycles. The van der Waals surface area contributed by atoms with Crippen LogP contribution in [0.4, 0.5) is 0 Å². The normalized spacial score (nSPS) is 15.4. The summed E-state index contributed by atoms with van der Waals surface area (Å²) in [5.41, 5.74) is 6.15. The molecular formula is C12H21NS. The predicted molar refractivity (Wildman–Crippen MR) is 64.7 cm³/mol. The molecule has 0 amide bonds. The zero-order valence-electron chi connectivity index (χ0n) is 9.42. The first kappa shape index (κ1) is 11.7. The summed E-state index contributed by atoms with van der Waals surface area (Å²) in [7, 11) is 0. The predicted octanol–water partition coefficient (Wildman–Crippen LogP) is 3.88. The minimum atomic E-state index is 0.246. The number of hydrogen-bond acceptors (Lipinski definition) is 2. The topological polar surface area (TPSA) is 26.0 Å². The minimum absolute atomic E-state index is 0.246. The van der Waals surface area contributed by atoms with E-state index in [1.165, 1.54) is 22.6 Å². The largest absolute Gasteiger partial charge is 0.323 e. The average Bonchev–Trinajstić information content (AvgIpc) is 2.52. The van der Waals surface area contributed by atoms with Crippen LogP contribution in [0.3, 0.4) is 0 Å². The van der Waals surface area contributed by atoms with Gasteiger partial charge in [0.25, 0.3) is 0 Å². The van der Waals surface area contributed by atoms with Gasteiger partial charge in [0.1, 0.15) is 0 Å². The maximum Gasteiger partial charge on any atom is 0.0392 e. The standard InChI is InChI=1S/C12H21NS/c1-4-5-9(2)8-11(13)12-7-6-10(3)14-12/h6-7,9,11H,4-5,8,13H2,1-3H3. The molecule has 0 saturated heterocycles. The van der Waals surface area contributed by atoms with E-state index in [1.54, 1.807) is 0 Å². The van der Waals surface area contributed by atoms with Gasteiger partial charge >= 0.3 is 0 Å². The highest BCUT2D eigenvalue weighted by molar-refractivity contribution is 7.12. The molecule has 0 saturated carbocycles. The third-order valence-electron chi connectivity index (χ3n) is 2.56. The molecule has 0 bridgehead atoms.